The van der Waals surface area contributed by atoms with Crippen molar-refractivity contribution in [1.29, 1.82) is 0 Å². The summed E-state index contributed by atoms with van der Waals surface area (Å²) in [5.41, 5.74) is -0.951. The average molecular weight is 267 g/mol. The molecule has 0 bridgehead atoms. The molecule has 96 valence electrons. The third-order valence-corrected chi connectivity index (χ3v) is 3.75. The molecule has 0 aliphatic rings. The fourth-order valence-electron chi connectivity index (χ4n) is 1.69. The Kier molecular flexibility index (Phi) is 3.38. The molecule has 2 aromatic heterocycles. The molecule has 0 aliphatic carbocycles. The quantitative estimate of drug-likeness (QED) is 0.834. The Morgan fingerprint density at radius 2 is 2.22 bits per heavy atom. The first-order chi connectivity index (χ1) is 8.58. The standard InChI is InChI=1S/C12H13NO4S/c1-3-6-5-7-9(14)8(12(16)17-4-2)10(15)13-11(7)18-6/h5H,3-4H2,1-2H3,(H2,13,14,15). The molecule has 0 radical (unpaired) electrons. The number of hydrogen-bond donors (Lipinski definition) is 2. The lowest BCUT2D eigenvalue weighted by atomic mass is 10.2. The lowest BCUT2D eigenvalue weighted by molar-refractivity contribution is 0.0521. The summed E-state index contributed by atoms with van der Waals surface area (Å²) in [5, 5.41) is 10.5. The Balaban J connectivity index is 2.68. The highest BCUT2D eigenvalue weighted by Crippen LogP contribution is 2.31. The Morgan fingerprint density at radius 1 is 1.50 bits per heavy atom. The molecule has 6 heteroatoms. The lowest BCUT2D eigenvalue weighted by Gasteiger charge is -2.03. The molecule has 18 heavy (non-hydrogen) atoms. The van der Waals surface area contributed by atoms with Crippen LogP contribution in [0.3, 0.4) is 0 Å². The fraction of sp³-hybridized carbons (Fsp3) is 0.333. The van der Waals surface area contributed by atoms with Gasteiger partial charge in [-0.15, -0.1) is 11.3 Å². The van der Waals surface area contributed by atoms with E-state index in [-0.39, 0.29) is 17.9 Å². The highest BCUT2D eigenvalue weighted by atomic mass is 32.1. The number of ether oxygens (including phenoxy) is 1. The van der Waals surface area contributed by atoms with Crippen molar-refractivity contribution in [1.82, 2.24) is 4.98 Å². The summed E-state index contributed by atoms with van der Waals surface area (Å²) in [5.74, 6) is -1.11. The van der Waals surface area contributed by atoms with Gasteiger partial charge in [0.05, 0.1) is 12.0 Å². The number of carbonyl (C=O) groups excluding carboxylic acids is 1. The zero-order chi connectivity index (χ0) is 13.3. The predicted octanol–water partition coefficient (Wildman–Crippen LogP) is 2.03. The highest BCUT2D eigenvalue weighted by molar-refractivity contribution is 7.18. The van der Waals surface area contributed by atoms with E-state index in [9.17, 15) is 14.7 Å². The largest absolute Gasteiger partial charge is 0.506 e. The van der Waals surface area contributed by atoms with Gasteiger partial charge in [0.1, 0.15) is 10.6 Å². The molecule has 0 amide bonds. The van der Waals surface area contributed by atoms with E-state index in [1.807, 2.05) is 6.92 Å². The number of esters is 1. The topological polar surface area (TPSA) is 79.4 Å². The number of carbonyl (C=O) groups is 1. The zero-order valence-corrected chi connectivity index (χ0v) is 10.9. The summed E-state index contributed by atoms with van der Waals surface area (Å²) < 4.78 is 4.76. The van der Waals surface area contributed by atoms with Crippen molar-refractivity contribution in [3.05, 3.63) is 26.9 Å². The number of rotatable bonds is 3. The van der Waals surface area contributed by atoms with Crippen molar-refractivity contribution < 1.29 is 14.6 Å². The molecule has 0 atom stereocenters. The second-order valence-electron chi connectivity index (χ2n) is 3.71. The second-order valence-corrected chi connectivity index (χ2v) is 4.84. The molecule has 2 heterocycles. The van der Waals surface area contributed by atoms with Crippen LogP contribution in [0.2, 0.25) is 0 Å². The van der Waals surface area contributed by atoms with Gasteiger partial charge in [-0.2, -0.15) is 0 Å². The third-order valence-electron chi connectivity index (χ3n) is 2.56. The van der Waals surface area contributed by atoms with E-state index >= 15 is 0 Å². The van der Waals surface area contributed by atoms with Crippen LogP contribution >= 0.6 is 11.3 Å². The van der Waals surface area contributed by atoms with Gasteiger partial charge in [0.15, 0.2) is 5.56 Å². The average Bonchev–Trinajstić information content (AvgIpc) is 2.72. The molecule has 2 aromatic rings. The monoisotopic (exact) mass is 267 g/mol. The van der Waals surface area contributed by atoms with Crippen LogP contribution in [0, 0.1) is 0 Å². The maximum Gasteiger partial charge on any atom is 0.347 e. The van der Waals surface area contributed by atoms with Gasteiger partial charge in [-0.1, -0.05) is 6.92 Å². The van der Waals surface area contributed by atoms with Crippen LogP contribution in [-0.2, 0) is 11.2 Å². The third kappa shape index (κ3) is 1.99. The van der Waals surface area contributed by atoms with Crippen molar-refractivity contribution in [3.8, 4) is 5.75 Å². The lowest BCUT2D eigenvalue weighted by Crippen LogP contribution is -2.19. The number of aromatic nitrogens is 1. The smallest absolute Gasteiger partial charge is 0.347 e. The molecule has 0 spiro atoms. The number of aromatic amines is 1. The highest BCUT2D eigenvalue weighted by Gasteiger charge is 2.21. The summed E-state index contributed by atoms with van der Waals surface area (Å²) in [7, 11) is 0. The van der Waals surface area contributed by atoms with Gasteiger partial charge in [-0.05, 0) is 19.4 Å². The van der Waals surface area contributed by atoms with Gasteiger partial charge in [0, 0.05) is 4.88 Å². The van der Waals surface area contributed by atoms with Crippen molar-refractivity contribution in [2.45, 2.75) is 20.3 Å². The molecule has 0 aliphatic heterocycles. The molecule has 0 aromatic carbocycles. The predicted molar refractivity (Wildman–Crippen MR) is 69.4 cm³/mol. The minimum atomic E-state index is -0.803. The van der Waals surface area contributed by atoms with Crippen molar-refractivity contribution in [2.75, 3.05) is 6.61 Å². The zero-order valence-electron chi connectivity index (χ0n) is 10.1. The van der Waals surface area contributed by atoms with Gasteiger partial charge < -0.3 is 14.8 Å². The number of fused-ring (bicyclic) bond motifs is 1. The van der Waals surface area contributed by atoms with E-state index in [0.717, 1.165) is 11.3 Å². The van der Waals surface area contributed by atoms with Crippen LogP contribution in [0.1, 0.15) is 29.1 Å². The summed E-state index contributed by atoms with van der Waals surface area (Å²) >= 11 is 1.39. The van der Waals surface area contributed by atoms with Crippen LogP contribution in [0.5, 0.6) is 5.75 Å². The summed E-state index contributed by atoms with van der Waals surface area (Å²) in [6, 6.07) is 1.77. The van der Waals surface area contributed by atoms with Crippen LogP contribution in [0.4, 0.5) is 0 Å². The fourth-order valence-corrected chi connectivity index (χ4v) is 2.68. The summed E-state index contributed by atoms with van der Waals surface area (Å²) in [4.78, 5) is 27.6. The van der Waals surface area contributed by atoms with Crippen molar-refractivity contribution >= 4 is 27.5 Å². The maximum atomic E-state index is 11.8. The van der Waals surface area contributed by atoms with Crippen LogP contribution in [0.25, 0.3) is 10.2 Å². The summed E-state index contributed by atoms with van der Waals surface area (Å²) in [6.07, 6.45) is 0.801. The van der Waals surface area contributed by atoms with E-state index in [0.29, 0.717) is 10.2 Å². The van der Waals surface area contributed by atoms with Crippen LogP contribution in [0.15, 0.2) is 10.9 Å². The number of thiophene rings is 1. The Hall–Kier alpha value is -1.82. The molecule has 2 N–H and O–H groups in total. The van der Waals surface area contributed by atoms with Crippen LogP contribution < -0.4 is 5.56 Å². The number of hydrogen-bond acceptors (Lipinski definition) is 5. The van der Waals surface area contributed by atoms with E-state index in [2.05, 4.69) is 4.98 Å². The number of aryl methyl sites for hydroxylation is 1. The molecule has 2 rings (SSSR count). The molecule has 0 fully saturated rings. The van der Waals surface area contributed by atoms with E-state index in [1.165, 1.54) is 11.3 Å². The number of nitrogens with one attached hydrogen (secondary N) is 1. The van der Waals surface area contributed by atoms with E-state index in [1.54, 1.807) is 13.0 Å². The van der Waals surface area contributed by atoms with Gasteiger partial charge >= 0.3 is 5.97 Å². The Morgan fingerprint density at radius 3 is 2.83 bits per heavy atom. The Labute approximate surface area is 107 Å². The summed E-state index contributed by atoms with van der Waals surface area (Å²) in [6.45, 7) is 3.77. The van der Waals surface area contributed by atoms with Crippen molar-refractivity contribution in [2.24, 2.45) is 0 Å². The number of H-pyrrole nitrogens is 1. The SMILES string of the molecule is CCOC(=O)c1c(O)c2cc(CC)sc2[nH]c1=O. The molecular formula is C12H13NO4S. The minimum Gasteiger partial charge on any atom is -0.506 e. The first-order valence-electron chi connectivity index (χ1n) is 5.63. The normalized spacial score (nSPS) is 10.8. The molecule has 0 saturated carbocycles. The maximum absolute atomic E-state index is 11.8. The first-order valence-corrected chi connectivity index (χ1v) is 6.44. The van der Waals surface area contributed by atoms with E-state index < -0.39 is 11.5 Å². The van der Waals surface area contributed by atoms with Crippen molar-refractivity contribution in [3.63, 3.8) is 0 Å². The number of pyridine rings is 1. The minimum absolute atomic E-state index is 0.152. The molecule has 0 unspecified atom stereocenters. The van der Waals surface area contributed by atoms with Gasteiger partial charge in [0.2, 0.25) is 0 Å². The molecule has 0 saturated heterocycles. The molecule has 5 nitrogen and oxygen atoms in total. The van der Waals surface area contributed by atoms with Gasteiger partial charge in [0.25, 0.3) is 5.56 Å². The number of aromatic hydroxyl groups is 1. The van der Waals surface area contributed by atoms with Gasteiger partial charge in [-0.25, -0.2) is 4.79 Å². The van der Waals surface area contributed by atoms with E-state index in [4.69, 9.17) is 4.74 Å². The van der Waals surface area contributed by atoms with Crippen LogP contribution in [-0.4, -0.2) is 22.7 Å². The second kappa shape index (κ2) is 4.81. The first kappa shape index (κ1) is 12.6. The van der Waals surface area contributed by atoms with Gasteiger partial charge in [-0.3, -0.25) is 4.79 Å². The molecular weight excluding hydrogens is 254 g/mol. The Bertz CT molecular complexity index is 656.